The van der Waals surface area contributed by atoms with Crippen LogP contribution in [0.5, 0.6) is 0 Å². The first-order chi connectivity index (χ1) is 8.28. The van der Waals surface area contributed by atoms with E-state index < -0.39 is 8.56 Å². The normalized spacial score (nSPS) is 27.2. The number of hydrogen-bond acceptors (Lipinski definition) is 6. The molecule has 2 aliphatic heterocycles. The molecule has 0 N–H and O–H groups in total. The molecule has 7 heteroatoms. The Hall–Kier alpha value is -0.0231. The highest BCUT2D eigenvalue weighted by Gasteiger charge is 2.38. The average Bonchev–Trinajstić information content (AvgIpc) is 3.21. The molecule has 2 fully saturated rings. The van der Waals surface area contributed by atoms with Crippen LogP contribution in [0, 0.1) is 0 Å². The summed E-state index contributed by atoms with van der Waals surface area (Å²) in [5.74, 6) is 0. The van der Waals surface area contributed by atoms with E-state index in [0.29, 0.717) is 25.7 Å². The predicted octanol–water partition coefficient (Wildman–Crippen LogP) is -0.369. The molecule has 2 heterocycles. The van der Waals surface area contributed by atoms with E-state index in [1.54, 1.807) is 14.2 Å². The zero-order valence-corrected chi connectivity index (χ0v) is 11.3. The summed E-state index contributed by atoms with van der Waals surface area (Å²) in [6.45, 7) is 2.80. The van der Waals surface area contributed by atoms with Crippen molar-refractivity contribution in [2.75, 3.05) is 53.1 Å². The topological polar surface area (TPSA) is 62.0 Å². The van der Waals surface area contributed by atoms with Gasteiger partial charge in [0.15, 0.2) is 0 Å². The highest BCUT2D eigenvalue weighted by Crippen LogP contribution is 2.13. The zero-order valence-electron chi connectivity index (χ0n) is 10.3. The van der Waals surface area contributed by atoms with E-state index in [9.17, 15) is 0 Å². The van der Waals surface area contributed by atoms with E-state index >= 15 is 0 Å². The maximum absolute atomic E-state index is 5.55. The van der Waals surface area contributed by atoms with Crippen LogP contribution in [-0.2, 0) is 27.8 Å². The Kier molecular flexibility index (Phi) is 4.92. The molecule has 2 atom stereocenters. The van der Waals surface area contributed by atoms with Crippen LogP contribution in [0.1, 0.15) is 0 Å². The van der Waals surface area contributed by atoms with Gasteiger partial charge in [0.05, 0.1) is 38.9 Å². The summed E-state index contributed by atoms with van der Waals surface area (Å²) in [6.07, 6.45) is 1.45. The van der Waals surface area contributed by atoms with Gasteiger partial charge in [0.2, 0.25) is 0 Å². The van der Waals surface area contributed by atoms with E-state index in [-0.39, 0.29) is 12.2 Å². The minimum Gasteiger partial charge on any atom is -0.395 e. The number of rotatable bonds is 10. The van der Waals surface area contributed by atoms with Gasteiger partial charge < -0.3 is 27.8 Å². The molecule has 0 aliphatic carbocycles. The molecule has 0 aromatic carbocycles. The second kappa shape index (κ2) is 6.23. The number of ether oxygens (including phenoxy) is 4. The smallest absolute Gasteiger partial charge is 0.390 e. The van der Waals surface area contributed by atoms with E-state index in [4.69, 9.17) is 27.8 Å². The van der Waals surface area contributed by atoms with Crippen molar-refractivity contribution in [1.29, 1.82) is 0 Å². The maximum atomic E-state index is 5.55. The number of hydrogen-bond donors (Lipinski definition) is 0. The first kappa shape index (κ1) is 13.4. The van der Waals surface area contributed by atoms with Crippen molar-refractivity contribution < 1.29 is 27.8 Å². The third-order valence-electron chi connectivity index (χ3n) is 2.80. The van der Waals surface area contributed by atoms with E-state index in [2.05, 4.69) is 0 Å². The Morgan fingerprint density at radius 1 is 0.941 bits per heavy atom. The van der Waals surface area contributed by atoms with Crippen LogP contribution >= 0.6 is 0 Å². The average molecular weight is 264 g/mol. The van der Waals surface area contributed by atoms with Gasteiger partial charge in [0, 0.05) is 14.2 Å². The quantitative estimate of drug-likeness (QED) is 0.396. The Bertz CT molecular complexity index is 207. The third kappa shape index (κ3) is 4.63. The molecule has 0 radical (unpaired) electrons. The van der Waals surface area contributed by atoms with Crippen LogP contribution in [0.4, 0.5) is 0 Å². The molecule has 0 bridgehead atoms. The van der Waals surface area contributed by atoms with Crippen LogP contribution in [0.15, 0.2) is 0 Å². The molecular weight excluding hydrogens is 244 g/mol. The van der Waals surface area contributed by atoms with Crippen molar-refractivity contribution in [3.8, 4) is 0 Å². The minimum atomic E-state index is -2.38. The molecule has 2 rings (SSSR count). The van der Waals surface area contributed by atoms with Gasteiger partial charge in [0.25, 0.3) is 0 Å². The van der Waals surface area contributed by atoms with Gasteiger partial charge in [-0.25, -0.2) is 0 Å². The van der Waals surface area contributed by atoms with Gasteiger partial charge in [-0.2, -0.15) is 0 Å². The van der Waals surface area contributed by atoms with Crippen molar-refractivity contribution in [3.05, 3.63) is 0 Å². The molecule has 17 heavy (non-hydrogen) atoms. The van der Waals surface area contributed by atoms with Crippen molar-refractivity contribution in [1.82, 2.24) is 0 Å². The molecule has 0 aromatic heterocycles. The van der Waals surface area contributed by atoms with Gasteiger partial charge in [0.1, 0.15) is 12.2 Å². The first-order valence-electron chi connectivity index (χ1n) is 5.77. The zero-order chi connectivity index (χ0) is 12.1. The standard InChI is InChI=1S/C10H20O6Si/c1-11-17(12-2,7-13-3-9-5-15-9)8-14-4-10-6-16-10/h9-10H,3-8H2,1-2H3. The second-order valence-corrected chi connectivity index (χ2v) is 7.48. The van der Waals surface area contributed by atoms with Crippen molar-refractivity contribution in [3.63, 3.8) is 0 Å². The molecular formula is C10H20O6Si. The van der Waals surface area contributed by atoms with E-state index in [1.807, 2.05) is 0 Å². The molecule has 0 aromatic rings. The summed E-state index contributed by atoms with van der Waals surface area (Å²) in [5.41, 5.74) is 0. The highest BCUT2D eigenvalue weighted by molar-refractivity contribution is 6.67. The summed E-state index contributed by atoms with van der Waals surface area (Å²) in [7, 11) is 0.908. The van der Waals surface area contributed by atoms with Crippen molar-refractivity contribution >= 4 is 8.56 Å². The lowest BCUT2D eigenvalue weighted by Crippen LogP contribution is -2.51. The molecule has 0 saturated carbocycles. The first-order valence-corrected chi connectivity index (χ1v) is 8.00. The maximum Gasteiger partial charge on any atom is 0.390 e. The SMILES string of the molecule is CO[Si](COCC1CO1)(COCC1CO1)OC. The van der Waals surface area contributed by atoms with E-state index in [1.165, 1.54) is 0 Å². The summed E-state index contributed by atoms with van der Waals surface area (Å²) < 4.78 is 32.2. The molecule has 6 nitrogen and oxygen atoms in total. The molecule has 2 unspecified atom stereocenters. The van der Waals surface area contributed by atoms with Gasteiger partial charge in [-0.05, 0) is 0 Å². The molecule has 2 saturated heterocycles. The molecule has 2 aliphatic rings. The Labute approximate surface area is 102 Å². The predicted molar refractivity (Wildman–Crippen MR) is 60.9 cm³/mol. The fraction of sp³-hybridized carbons (Fsp3) is 1.00. The molecule has 0 spiro atoms. The summed E-state index contributed by atoms with van der Waals surface area (Å²) >= 11 is 0. The second-order valence-electron chi connectivity index (χ2n) is 4.26. The fourth-order valence-corrected chi connectivity index (χ4v) is 2.96. The Morgan fingerprint density at radius 3 is 1.65 bits per heavy atom. The number of epoxide rings is 2. The van der Waals surface area contributed by atoms with Gasteiger partial charge in [-0.15, -0.1) is 0 Å². The summed E-state index contributed by atoms with van der Waals surface area (Å²) in [6, 6.07) is 0. The summed E-state index contributed by atoms with van der Waals surface area (Å²) in [5, 5.41) is 0. The lowest BCUT2D eigenvalue weighted by atomic mass is 10.5. The lowest BCUT2D eigenvalue weighted by Gasteiger charge is -2.26. The minimum absolute atomic E-state index is 0.260. The largest absolute Gasteiger partial charge is 0.395 e. The van der Waals surface area contributed by atoms with Crippen LogP contribution in [0.2, 0.25) is 0 Å². The lowest BCUT2D eigenvalue weighted by molar-refractivity contribution is 0.0755. The summed E-state index contributed by atoms with van der Waals surface area (Å²) in [4.78, 5) is 0. The van der Waals surface area contributed by atoms with Crippen LogP contribution in [-0.4, -0.2) is 73.9 Å². The van der Waals surface area contributed by atoms with Crippen LogP contribution in [0.3, 0.4) is 0 Å². The third-order valence-corrected chi connectivity index (χ3v) is 5.58. The van der Waals surface area contributed by atoms with Crippen LogP contribution in [0.25, 0.3) is 0 Å². The van der Waals surface area contributed by atoms with Gasteiger partial charge >= 0.3 is 8.56 Å². The Balaban J connectivity index is 1.65. The fourth-order valence-electron chi connectivity index (χ4n) is 1.38. The Morgan fingerprint density at radius 2 is 1.35 bits per heavy atom. The van der Waals surface area contributed by atoms with E-state index in [0.717, 1.165) is 13.2 Å². The van der Waals surface area contributed by atoms with Gasteiger partial charge in [-0.3, -0.25) is 0 Å². The van der Waals surface area contributed by atoms with Gasteiger partial charge in [-0.1, -0.05) is 0 Å². The highest BCUT2D eigenvalue weighted by atomic mass is 28.4. The molecule has 0 amide bonds. The van der Waals surface area contributed by atoms with Crippen molar-refractivity contribution in [2.45, 2.75) is 12.2 Å². The van der Waals surface area contributed by atoms with Crippen LogP contribution < -0.4 is 0 Å². The molecule has 100 valence electrons. The van der Waals surface area contributed by atoms with Crippen molar-refractivity contribution in [2.24, 2.45) is 0 Å². The monoisotopic (exact) mass is 264 g/mol.